The molecule has 2 atom stereocenters. The first-order valence-corrected chi connectivity index (χ1v) is 7.22. The lowest BCUT2D eigenvalue weighted by Crippen LogP contribution is -2.39. The van der Waals surface area contributed by atoms with Gasteiger partial charge in [0.1, 0.15) is 0 Å². The van der Waals surface area contributed by atoms with Crippen LogP contribution in [0, 0.1) is 5.92 Å². The van der Waals surface area contributed by atoms with Crippen molar-refractivity contribution in [1.29, 1.82) is 0 Å². The first-order valence-electron chi connectivity index (χ1n) is 7.22. The maximum absolute atomic E-state index is 12.2. The largest absolute Gasteiger partial charge is 0.343 e. The summed E-state index contributed by atoms with van der Waals surface area (Å²) < 4.78 is 0. The molecule has 2 N–H and O–H groups in total. The minimum absolute atomic E-state index is 0.248. The van der Waals surface area contributed by atoms with Gasteiger partial charge in [-0.1, -0.05) is 26.2 Å². The predicted octanol–water partition coefficient (Wildman–Crippen LogP) is 2.54. The average molecular weight is 240 g/mol. The minimum Gasteiger partial charge on any atom is -0.343 e. The maximum atomic E-state index is 12.2. The zero-order valence-electron chi connectivity index (χ0n) is 11.5. The SMILES string of the molecule is CCCCN(CC)C(=O)CC1CCCCC1N. The molecule has 1 amide bonds. The van der Waals surface area contributed by atoms with E-state index in [-0.39, 0.29) is 6.04 Å². The molecule has 1 fully saturated rings. The Labute approximate surface area is 106 Å². The van der Waals surface area contributed by atoms with Crippen LogP contribution in [-0.4, -0.2) is 29.9 Å². The van der Waals surface area contributed by atoms with Gasteiger partial charge in [0.2, 0.25) is 5.91 Å². The van der Waals surface area contributed by atoms with E-state index in [0.29, 0.717) is 18.2 Å². The monoisotopic (exact) mass is 240 g/mol. The molecular formula is C14H28N2O. The number of carbonyl (C=O) groups is 1. The van der Waals surface area contributed by atoms with Crippen molar-refractivity contribution >= 4 is 5.91 Å². The Balaban J connectivity index is 2.39. The van der Waals surface area contributed by atoms with E-state index in [1.165, 1.54) is 12.8 Å². The molecule has 17 heavy (non-hydrogen) atoms. The molecule has 0 saturated heterocycles. The number of nitrogens with two attached hydrogens (primary N) is 1. The van der Waals surface area contributed by atoms with Crippen LogP contribution in [0.25, 0.3) is 0 Å². The molecule has 0 aliphatic heterocycles. The number of amides is 1. The quantitative estimate of drug-likeness (QED) is 0.775. The van der Waals surface area contributed by atoms with Gasteiger partial charge >= 0.3 is 0 Å². The summed E-state index contributed by atoms with van der Waals surface area (Å²) in [7, 11) is 0. The summed E-state index contributed by atoms with van der Waals surface area (Å²) >= 11 is 0. The summed E-state index contributed by atoms with van der Waals surface area (Å²) in [5.74, 6) is 0.732. The van der Waals surface area contributed by atoms with Gasteiger partial charge in [-0.05, 0) is 32.1 Å². The van der Waals surface area contributed by atoms with Crippen LogP contribution >= 0.6 is 0 Å². The van der Waals surface area contributed by atoms with Crippen LogP contribution in [0.4, 0.5) is 0 Å². The third-order valence-corrected chi connectivity index (χ3v) is 3.92. The van der Waals surface area contributed by atoms with Crippen molar-refractivity contribution in [3.8, 4) is 0 Å². The highest BCUT2D eigenvalue weighted by Gasteiger charge is 2.25. The summed E-state index contributed by atoms with van der Waals surface area (Å²) in [6.45, 7) is 5.97. The summed E-state index contributed by atoms with van der Waals surface area (Å²) in [6.07, 6.45) is 7.63. The van der Waals surface area contributed by atoms with Crippen molar-refractivity contribution in [3.05, 3.63) is 0 Å². The van der Waals surface area contributed by atoms with Crippen molar-refractivity contribution in [2.24, 2.45) is 11.7 Å². The Morgan fingerprint density at radius 3 is 2.59 bits per heavy atom. The molecule has 0 aromatic carbocycles. The van der Waals surface area contributed by atoms with Gasteiger partial charge < -0.3 is 10.6 Å². The van der Waals surface area contributed by atoms with E-state index in [2.05, 4.69) is 13.8 Å². The van der Waals surface area contributed by atoms with Gasteiger partial charge in [-0.3, -0.25) is 4.79 Å². The Bertz CT molecular complexity index is 230. The molecule has 3 heteroatoms. The molecule has 1 aliphatic carbocycles. The molecule has 3 nitrogen and oxygen atoms in total. The van der Waals surface area contributed by atoms with Crippen LogP contribution in [0.2, 0.25) is 0 Å². The molecule has 0 bridgehead atoms. The predicted molar refractivity (Wildman–Crippen MR) is 71.7 cm³/mol. The Hall–Kier alpha value is -0.570. The van der Waals surface area contributed by atoms with Gasteiger partial charge in [0, 0.05) is 25.6 Å². The van der Waals surface area contributed by atoms with Gasteiger partial charge in [-0.15, -0.1) is 0 Å². The van der Waals surface area contributed by atoms with Gasteiger partial charge in [0.05, 0.1) is 0 Å². The standard InChI is InChI=1S/C14H28N2O/c1-3-5-10-16(4-2)14(17)11-12-8-6-7-9-13(12)15/h12-13H,3-11,15H2,1-2H3. The van der Waals surface area contributed by atoms with Crippen LogP contribution in [-0.2, 0) is 4.79 Å². The fourth-order valence-corrected chi connectivity index (χ4v) is 2.65. The summed E-state index contributed by atoms with van der Waals surface area (Å²) in [5.41, 5.74) is 6.10. The zero-order valence-corrected chi connectivity index (χ0v) is 11.5. The number of nitrogens with zero attached hydrogens (tertiary/aromatic N) is 1. The molecule has 1 saturated carbocycles. The van der Waals surface area contributed by atoms with Crippen molar-refractivity contribution in [2.45, 2.75) is 64.8 Å². The number of hydrogen-bond acceptors (Lipinski definition) is 2. The average Bonchev–Trinajstić information content (AvgIpc) is 2.33. The molecule has 0 aromatic rings. The van der Waals surface area contributed by atoms with Crippen molar-refractivity contribution in [3.63, 3.8) is 0 Å². The number of unbranched alkanes of at least 4 members (excludes halogenated alkanes) is 1. The van der Waals surface area contributed by atoms with Gasteiger partial charge in [0.25, 0.3) is 0 Å². The van der Waals surface area contributed by atoms with Crippen molar-refractivity contribution < 1.29 is 4.79 Å². The highest BCUT2D eigenvalue weighted by Crippen LogP contribution is 2.26. The number of carbonyl (C=O) groups excluding carboxylic acids is 1. The number of hydrogen-bond donors (Lipinski definition) is 1. The van der Waals surface area contributed by atoms with Crippen LogP contribution in [0.1, 0.15) is 58.8 Å². The fraction of sp³-hybridized carbons (Fsp3) is 0.929. The zero-order chi connectivity index (χ0) is 12.7. The van der Waals surface area contributed by atoms with Gasteiger partial charge in [-0.2, -0.15) is 0 Å². The second-order valence-corrected chi connectivity index (χ2v) is 5.24. The molecule has 0 aromatic heterocycles. The van der Waals surface area contributed by atoms with E-state index in [9.17, 15) is 4.79 Å². The summed E-state index contributed by atoms with van der Waals surface area (Å²) in [5, 5.41) is 0. The fourth-order valence-electron chi connectivity index (χ4n) is 2.65. The first kappa shape index (κ1) is 14.5. The van der Waals surface area contributed by atoms with E-state index in [4.69, 9.17) is 5.73 Å². The highest BCUT2D eigenvalue weighted by molar-refractivity contribution is 5.76. The molecule has 0 spiro atoms. The minimum atomic E-state index is 0.248. The Morgan fingerprint density at radius 1 is 1.29 bits per heavy atom. The molecule has 1 rings (SSSR count). The Kier molecular flexibility index (Phi) is 6.56. The first-order chi connectivity index (χ1) is 8.19. The van der Waals surface area contributed by atoms with Crippen molar-refractivity contribution in [2.75, 3.05) is 13.1 Å². The van der Waals surface area contributed by atoms with E-state index < -0.39 is 0 Å². The molecule has 1 aliphatic rings. The molecule has 0 radical (unpaired) electrons. The van der Waals surface area contributed by atoms with Gasteiger partial charge in [0.15, 0.2) is 0 Å². The maximum Gasteiger partial charge on any atom is 0.222 e. The molecule has 100 valence electrons. The van der Waals surface area contributed by atoms with Crippen LogP contribution in [0.3, 0.4) is 0 Å². The van der Waals surface area contributed by atoms with E-state index in [1.807, 2.05) is 4.90 Å². The third kappa shape index (κ3) is 4.66. The lowest BCUT2D eigenvalue weighted by molar-refractivity contribution is -0.132. The summed E-state index contributed by atoms with van der Waals surface area (Å²) in [6, 6.07) is 0.248. The third-order valence-electron chi connectivity index (χ3n) is 3.92. The molecule has 0 heterocycles. The van der Waals surface area contributed by atoms with Crippen LogP contribution in [0.15, 0.2) is 0 Å². The smallest absolute Gasteiger partial charge is 0.222 e. The molecular weight excluding hydrogens is 212 g/mol. The van der Waals surface area contributed by atoms with E-state index in [1.54, 1.807) is 0 Å². The normalized spacial score (nSPS) is 24.6. The second-order valence-electron chi connectivity index (χ2n) is 5.24. The lowest BCUT2D eigenvalue weighted by atomic mass is 9.82. The van der Waals surface area contributed by atoms with E-state index in [0.717, 1.165) is 38.8 Å². The van der Waals surface area contributed by atoms with Crippen molar-refractivity contribution in [1.82, 2.24) is 4.90 Å². The number of rotatable bonds is 6. The molecule has 2 unspecified atom stereocenters. The highest BCUT2D eigenvalue weighted by atomic mass is 16.2. The second kappa shape index (κ2) is 7.70. The van der Waals surface area contributed by atoms with Crippen LogP contribution in [0.5, 0.6) is 0 Å². The topological polar surface area (TPSA) is 46.3 Å². The van der Waals surface area contributed by atoms with Crippen LogP contribution < -0.4 is 5.73 Å². The Morgan fingerprint density at radius 2 is 2.00 bits per heavy atom. The van der Waals surface area contributed by atoms with E-state index >= 15 is 0 Å². The lowest BCUT2D eigenvalue weighted by Gasteiger charge is -2.30. The summed E-state index contributed by atoms with van der Waals surface area (Å²) in [4.78, 5) is 14.2. The van der Waals surface area contributed by atoms with Gasteiger partial charge in [-0.25, -0.2) is 0 Å².